The maximum atomic E-state index is 11.2. The Labute approximate surface area is 88.3 Å². The predicted octanol–water partition coefficient (Wildman–Crippen LogP) is 0.660. The van der Waals surface area contributed by atoms with E-state index in [0.29, 0.717) is 0 Å². The Morgan fingerprint density at radius 1 is 1.47 bits per heavy atom. The van der Waals surface area contributed by atoms with Gasteiger partial charge in [0, 0.05) is 6.20 Å². The lowest BCUT2D eigenvalue weighted by atomic mass is 9.96. The van der Waals surface area contributed by atoms with Gasteiger partial charge in [-0.3, -0.25) is 0 Å². The third-order valence-corrected chi connectivity index (χ3v) is 3.30. The highest BCUT2D eigenvalue weighted by Crippen LogP contribution is 2.27. The molecule has 15 heavy (non-hydrogen) atoms. The van der Waals surface area contributed by atoms with Gasteiger partial charge in [0.25, 0.3) is 0 Å². The maximum Gasteiger partial charge on any atom is 0.243 e. The number of rotatable bonds is 3. The average Bonchev–Trinajstić information content (AvgIpc) is 2.10. The van der Waals surface area contributed by atoms with Crippen LogP contribution in [-0.4, -0.2) is 19.5 Å². The Balaban J connectivity index is 2.29. The number of pyridine rings is 1. The van der Waals surface area contributed by atoms with Crippen LogP contribution >= 0.6 is 0 Å². The fourth-order valence-electron chi connectivity index (χ4n) is 1.33. The molecule has 0 aliphatic heterocycles. The minimum Gasteiger partial charge on any atom is -0.473 e. The summed E-state index contributed by atoms with van der Waals surface area (Å²) in [6.07, 6.45) is 4.58. The first kappa shape index (κ1) is 10.4. The summed E-state index contributed by atoms with van der Waals surface area (Å²) in [7, 11) is -3.75. The smallest absolute Gasteiger partial charge is 0.243 e. The van der Waals surface area contributed by atoms with Crippen molar-refractivity contribution in [1.82, 2.24) is 4.98 Å². The number of ether oxygens (including phenoxy) is 1. The molecular weight excluding hydrogens is 216 g/mol. The highest BCUT2D eigenvalue weighted by molar-refractivity contribution is 7.89. The van der Waals surface area contributed by atoms with E-state index in [0.717, 1.165) is 19.3 Å². The van der Waals surface area contributed by atoms with E-state index in [1.54, 1.807) is 0 Å². The monoisotopic (exact) mass is 228 g/mol. The molecule has 1 saturated carbocycles. The Kier molecular flexibility index (Phi) is 2.62. The van der Waals surface area contributed by atoms with Gasteiger partial charge in [-0.2, -0.15) is 0 Å². The van der Waals surface area contributed by atoms with E-state index < -0.39 is 10.0 Å². The highest BCUT2D eigenvalue weighted by Gasteiger charge is 2.23. The van der Waals surface area contributed by atoms with Gasteiger partial charge >= 0.3 is 0 Å². The first-order chi connectivity index (χ1) is 7.07. The molecule has 0 amide bonds. The number of nitrogens with zero attached hydrogens (tertiary/aromatic N) is 1. The van der Waals surface area contributed by atoms with Crippen molar-refractivity contribution >= 4 is 10.0 Å². The molecule has 1 aromatic rings. The lowest BCUT2D eigenvalue weighted by Gasteiger charge is -2.26. The molecule has 5 nitrogen and oxygen atoms in total. The summed E-state index contributed by atoms with van der Waals surface area (Å²) in [6.45, 7) is 0. The number of sulfonamides is 1. The Morgan fingerprint density at radius 3 is 2.73 bits per heavy atom. The summed E-state index contributed by atoms with van der Waals surface area (Å²) in [6, 6.07) is 2.92. The zero-order chi connectivity index (χ0) is 10.9. The Bertz CT molecular complexity index is 454. The SMILES string of the molecule is NS(=O)(=O)c1cccnc1OC1CCC1. The normalized spacial score (nSPS) is 17.1. The van der Waals surface area contributed by atoms with Crippen molar-refractivity contribution < 1.29 is 13.2 Å². The molecule has 1 fully saturated rings. The second kappa shape index (κ2) is 3.79. The molecule has 0 unspecified atom stereocenters. The molecule has 1 aliphatic carbocycles. The van der Waals surface area contributed by atoms with E-state index in [9.17, 15) is 8.42 Å². The van der Waals surface area contributed by atoms with E-state index in [2.05, 4.69) is 4.98 Å². The van der Waals surface area contributed by atoms with Gasteiger partial charge in [-0.05, 0) is 31.4 Å². The van der Waals surface area contributed by atoms with Gasteiger partial charge < -0.3 is 4.74 Å². The summed E-state index contributed by atoms with van der Waals surface area (Å²) in [5.74, 6) is 0.115. The van der Waals surface area contributed by atoms with Gasteiger partial charge in [0.1, 0.15) is 11.0 Å². The van der Waals surface area contributed by atoms with Gasteiger partial charge in [0.05, 0.1) is 0 Å². The number of nitrogens with two attached hydrogens (primary N) is 1. The number of aromatic nitrogens is 1. The van der Waals surface area contributed by atoms with Crippen LogP contribution in [0.5, 0.6) is 5.88 Å². The standard InChI is InChI=1S/C9H12N2O3S/c10-15(12,13)8-5-2-6-11-9(8)14-7-3-1-4-7/h2,5-7H,1,3-4H2,(H2,10,12,13). The molecule has 0 aromatic carbocycles. The summed E-state index contributed by atoms with van der Waals surface area (Å²) < 4.78 is 27.8. The van der Waals surface area contributed by atoms with Gasteiger partial charge in [-0.1, -0.05) is 0 Å². The largest absolute Gasteiger partial charge is 0.473 e. The molecule has 1 heterocycles. The van der Waals surface area contributed by atoms with Crippen molar-refractivity contribution in [2.24, 2.45) is 5.14 Å². The van der Waals surface area contributed by atoms with Crippen LogP contribution in [-0.2, 0) is 10.0 Å². The first-order valence-electron chi connectivity index (χ1n) is 4.72. The van der Waals surface area contributed by atoms with Crippen LogP contribution in [0.15, 0.2) is 23.2 Å². The van der Waals surface area contributed by atoms with Crippen molar-refractivity contribution in [2.75, 3.05) is 0 Å². The minimum absolute atomic E-state index is 0.0445. The van der Waals surface area contributed by atoms with Crippen molar-refractivity contribution in [1.29, 1.82) is 0 Å². The topological polar surface area (TPSA) is 82.3 Å². The van der Waals surface area contributed by atoms with E-state index in [1.165, 1.54) is 18.3 Å². The van der Waals surface area contributed by atoms with Crippen molar-refractivity contribution in [3.63, 3.8) is 0 Å². The lowest BCUT2D eigenvalue weighted by molar-refractivity contribution is 0.110. The molecule has 1 aromatic heterocycles. The van der Waals surface area contributed by atoms with Crippen LogP contribution in [0.4, 0.5) is 0 Å². The molecule has 1 aliphatic rings. The van der Waals surface area contributed by atoms with Crippen molar-refractivity contribution in [3.8, 4) is 5.88 Å². The van der Waals surface area contributed by atoms with Crippen molar-refractivity contribution in [3.05, 3.63) is 18.3 Å². The van der Waals surface area contributed by atoms with Gasteiger partial charge in [0.15, 0.2) is 0 Å². The molecule has 0 saturated heterocycles. The van der Waals surface area contributed by atoms with Crippen LogP contribution in [0.25, 0.3) is 0 Å². The van der Waals surface area contributed by atoms with Crippen LogP contribution in [0, 0.1) is 0 Å². The third kappa shape index (κ3) is 2.27. The molecule has 0 spiro atoms. The van der Waals surface area contributed by atoms with Crippen LogP contribution in [0.1, 0.15) is 19.3 Å². The van der Waals surface area contributed by atoms with Gasteiger partial charge in [-0.15, -0.1) is 0 Å². The molecule has 2 N–H and O–H groups in total. The Morgan fingerprint density at radius 2 is 2.20 bits per heavy atom. The minimum atomic E-state index is -3.75. The van der Waals surface area contributed by atoms with E-state index in [4.69, 9.17) is 9.88 Å². The molecule has 0 bridgehead atoms. The zero-order valence-corrected chi connectivity index (χ0v) is 8.90. The fourth-order valence-corrected chi connectivity index (χ4v) is 1.94. The van der Waals surface area contributed by atoms with Crippen LogP contribution in [0.3, 0.4) is 0 Å². The van der Waals surface area contributed by atoms with E-state index in [1.807, 2.05) is 0 Å². The van der Waals surface area contributed by atoms with Gasteiger partial charge in [0.2, 0.25) is 15.9 Å². The number of primary sulfonamides is 1. The fraction of sp³-hybridized carbons (Fsp3) is 0.444. The molecule has 82 valence electrons. The third-order valence-electron chi connectivity index (χ3n) is 2.37. The second-order valence-electron chi connectivity index (χ2n) is 3.52. The summed E-state index contributed by atoms with van der Waals surface area (Å²) in [4.78, 5) is 3.84. The molecular formula is C9H12N2O3S. The summed E-state index contributed by atoms with van der Waals surface area (Å²) >= 11 is 0. The molecule has 0 atom stereocenters. The van der Waals surface area contributed by atoms with E-state index >= 15 is 0 Å². The molecule has 6 heteroatoms. The molecule has 0 radical (unpaired) electrons. The van der Waals surface area contributed by atoms with Crippen LogP contribution < -0.4 is 9.88 Å². The number of hydrogen-bond acceptors (Lipinski definition) is 4. The first-order valence-corrected chi connectivity index (χ1v) is 6.26. The van der Waals surface area contributed by atoms with E-state index in [-0.39, 0.29) is 16.9 Å². The Hall–Kier alpha value is -1.14. The van der Waals surface area contributed by atoms with Gasteiger partial charge in [-0.25, -0.2) is 18.5 Å². The predicted molar refractivity (Wildman–Crippen MR) is 53.9 cm³/mol. The van der Waals surface area contributed by atoms with Crippen LogP contribution in [0.2, 0.25) is 0 Å². The highest BCUT2D eigenvalue weighted by atomic mass is 32.2. The molecule has 2 rings (SSSR count). The zero-order valence-electron chi connectivity index (χ0n) is 8.09. The van der Waals surface area contributed by atoms with Crippen molar-refractivity contribution in [2.45, 2.75) is 30.3 Å². The second-order valence-corrected chi connectivity index (χ2v) is 5.05. The average molecular weight is 228 g/mol. The quantitative estimate of drug-likeness (QED) is 0.823. The number of hydrogen-bond donors (Lipinski definition) is 1. The summed E-state index contributed by atoms with van der Waals surface area (Å²) in [5.41, 5.74) is 0. The maximum absolute atomic E-state index is 11.2. The lowest BCUT2D eigenvalue weighted by Crippen LogP contribution is -2.26. The summed E-state index contributed by atoms with van der Waals surface area (Å²) in [5, 5.41) is 5.04.